The van der Waals surface area contributed by atoms with Gasteiger partial charge in [-0.15, -0.1) is 0 Å². The second kappa shape index (κ2) is 5.34. The lowest BCUT2D eigenvalue weighted by molar-refractivity contribution is -0.150. The van der Waals surface area contributed by atoms with Crippen molar-refractivity contribution in [3.05, 3.63) is 12.2 Å². The molecule has 0 fully saturated rings. The molecular formula is C13H24O2. The highest BCUT2D eigenvalue weighted by Crippen LogP contribution is 2.28. The van der Waals surface area contributed by atoms with Gasteiger partial charge >= 0.3 is 5.97 Å². The molecule has 2 heteroatoms. The second-order valence-electron chi connectivity index (χ2n) is 5.67. The molecule has 0 aromatic carbocycles. The third-order valence-corrected chi connectivity index (χ3v) is 2.25. The van der Waals surface area contributed by atoms with E-state index < -0.39 is 0 Å². The molecule has 0 saturated carbocycles. The highest BCUT2D eigenvalue weighted by Gasteiger charge is 2.28. The Morgan fingerprint density at radius 1 is 1.33 bits per heavy atom. The topological polar surface area (TPSA) is 26.3 Å². The summed E-state index contributed by atoms with van der Waals surface area (Å²) in [6.07, 6.45) is 0.851. The van der Waals surface area contributed by atoms with Crippen molar-refractivity contribution in [1.29, 1.82) is 0 Å². The molecule has 0 rings (SSSR count). The van der Waals surface area contributed by atoms with Gasteiger partial charge in [0, 0.05) is 5.57 Å². The molecule has 0 bridgehead atoms. The van der Waals surface area contributed by atoms with Gasteiger partial charge in [0.25, 0.3) is 0 Å². The van der Waals surface area contributed by atoms with E-state index in [2.05, 4.69) is 41.2 Å². The van der Waals surface area contributed by atoms with Crippen molar-refractivity contribution in [3.8, 4) is 0 Å². The van der Waals surface area contributed by atoms with Crippen LogP contribution in [0.1, 0.15) is 48.0 Å². The number of carbonyl (C=O) groups is 1. The number of hydrogen-bond acceptors (Lipinski definition) is 2. The molecular weight excluding hydrogens is 188 g/mol. The highest BCUT2D eigenvalue weighted by molar-refractivity contribution is 5.87. The van der Waals surface area contributed by atoms with Gasteiger partial charge in [-0.3, -0.25) is 0 Å². The summed E-state index contributed by atoms with van der Waals surface area (Å²) in [6.45, 7) is 15.8. The van der Waals surface area contributed by atoms with E-state index in [4.69, 9.17) is 4.74 Å². The predicted octanol–water partition coefficient (Wildman–Crippen LogP) is 3.57. The van der Waals surface area contributed by atoms with Gasteiger partial charge in [-0.25, -0.2) is 4.79 Å². The Kier molecular flexibility index (Phi) is 5.06. The monoisotopic (exact) mass is 212 g/mol. The van der Waals surface area contributed by atoms with Gasteiger partial charge in [0.15, 0.2) is 0 Å². The predicted molar refractivity (Wildman–Crippen MR) is 63.6 cm³/mol. The summed E-state index contributed by atoms with van der Waals surface area (Å²) in [5.41, 5.74) is 0.447. The SMILES string of the molecule is C=C(C)C(=O)OC(CC(C)C)C(C)(C)C. The summed E-state index contributed by atoms with van der Waals surface area (Å²) in [5, 5.41) is 0. The summed E-state index contributed by atoms with van der Waals surface area (Å²) in [6, 6.07) is 0. The first-order chi connectivity index (χ1) is 6.64. The fourth-order valence-corrected chi connectivity index (χ4v) is 1.24. The van der Waals surface area contributed by atoms with Crippen molar-refractivity contribution in [3.63, 3.8) is 0 Å². The van der Waals surface area contributed by atoms with Crippen LogP contribution in [0.15, 0.2) is 12.2 Å². The van der Waals surface area contributed by atoms with Crippen molar-refractivity contribution in [2.45, 2.75) is 54.1 Å². The molecule has 0 aromatic rings. The molecule has 0 aromatic heterocycles. The standard InChI is InChI=1S/C13H24O2/c1-9(2)8-11(13(5,6)7)15-12(14)10(3)4/h9,11H,3,8H2,1-2,4-7H3. The van der Waals surface area contributed by atoms with Crippen LogP contribution in [0.4, 0.5) is 0 Å². The zero-order valence-electron chi connectivity index (χ0n) is 10.9. The minimum Gasteiger partial charge on any atom is -0.458 e. The molecule has 0 radical (unpaired) electrons. The largest absolute Gasteiger partial charge is 0.458 e. The number of rotatable bonds is 4. The van der Waals surface area contributed by atoms with E-state index in [1.54, 1.807) is 6.92 Å². The van der Waals surface area contributed by atoms with E-state index in [9.17, 15) is 4.79 Å². The fourth-order valence-electron chi connectivity index (χ4n) is 1.24. The van der Waals surface area contributed by atoms with Crippen molar-refractivity contribution in [2.75, 3.05) is 0 Å². The molecule has 88 valence electrons. The van der Waals surface area contributed by atoms with Gasteiger partial charge in [-0.2, -0.15) is 0 Å². The van der Waals surface area contributed by atoms with Crippen molar-refractivity contribution in [2.24, 2.45) is 11.3 Å². The van der Waals surface area contributed by atoms with Crippen LogP contribution in [0.3, 0.4) is 0 Å². The maximum Gasteiger partial charge on any atom is 0.333 e. The molecule has 0 aliphatic heterocycles. The number of esters is 1. The summed E-state index contributed by atoms with van der Waals surface area (Å²) >= 11 is 0. The average molecular weight is 212 g/mol. The zero-order chi connectivity index (χ0) is 12.2. The molecule has 0 amide bonds. The lowest BCUT2D eigenvalue weighted by atomic mass is 9.84. The van der Waals surface area contributed by atoms with E-state index in [-0.39, 0.29) is 17.5 Å². The first-order valence-corrected chi connectivity index (χ1v) is 5.51. The van der Waals surface area contributed by atoms with Gasteiger partial charge in [0.1, 0.15) is 6.10 Å². The van der Waals surface area contributed by atoms with Crippen molar-refractivity contribution >= 4 is 5.97 Å². The molecule has 1 unspecified atom stereocenters. The molecule has 1 atom stereocenters. The Morgan fingerprint density at radius 2 is 1.80 bits per heavy atom. The maximum atomic E-state index is 11.5. The lowest BCUT2D eigenvalue weighted by Gasteiger charge is -2.31. The molecule has 0 N–H and O–H groups in total. The lowest BCUT2D eigenvalue weighted by Crippen LogP contribution is -2.33. The minimum absolute atomic E-state index is 0.0185. The molecule has 0 aliphatic rings. The van der Waals surface area contributed by atoms with Crippen LogP contribution < -0.4 is 0 Å². The number of hydrogen-bond donors (Lipinski definition) is 0. The van der Waals surface area contributed by atoms with Crippen molar-refractivity contribution < 1.29 is 9.53 Å². The first kappa shape index (κ1) is 14.2. The Labute approximate surface area is 93.7 Å². The van der Waals surface area contributed by atoms with Gasteiger partial charge in [0.05, 0.1) is 0 Å². The molecule has 15 heavy (non-hydrogen) atoms. The van der Waals surface area contributed by atoms with Gasteiger partial charge in [0.2, 0.25) is 0 Å². The van der Waals surface area contributed by atoms with Crippen molar-refractivity contribution in [1.82, 2.24) is 0 Å². The summed E-state index contributed by atoms with van der Waals surface area (Å²) in [4.78, 5) is 11.5. The normalized spacial score (nSPS) is 13.8. The highest BCUT2D eigenvalue weighted by atomic mass is 16.5. The Morgan fingerprint density at radius 3 is 2.07 bits per heavy atom. The molecule has 0 aliphatic carbocycles. The summed E-state index contributed by atoms with van der Waals surface area (Å²) in [7, 11) is 0. The van der Waals surface area contributed by atoms with E-state index >= 15 is 0 Å². The molecule has 0 spiro atoms. The molecule has 0 heterocycles. The summed E-state index contributed by atoms with van der Waals surface area (Å²) < 4.78 is 5.45. The average Bonchev–Trinajstić information content (AvgIpc) is 2.00. The molecule has 2 nitrogen and oxygen atoms in total. The van der Waals surface area contributed by atoms with Crippen LogP contribution in [-0.4, -0.2) is 12.1 Å². The quantitative estimate of drug-likeness (QED) is 0.526. The van der Waals surface area contributed by atoms with Crippen LogP contribution in [0.25, 0.3) is 0 Å². The number of ether oxygens (including phenoxy) is 1. The Bertz CT molecular complexity index is 233. The van der Waals surface area contributed by atoms with Gasteiger partial charge in [-0.05, 0) is 24.7 Å². The minimum atomic E-state index is -0.282. The number of carbonyl (C=O) groups excluding carboxylic acids is 1. The van der Waals surface area contributed by atoms with E-state index in [1.165, 1.54) is 0 Å². The summed E-state index contributed by atoms with van der Waals surface area (Å²) in [5.74, 6) is 0.239. The third-order valence-electron chi connectivity index (χ3n) is 2.25. The van der Waals surface area contributed by atoms with Crippen LogP contribution in [0, 0.1) is 11.3 Å². The first-order valence-electron chi connectivity index (χ1n) is 5.51. The van der Waals surface area contributed by atoms with E-state index in [0.717, 1.165) is 6.42 Å². The van der Waals surface area contributed by atoms with Crippen LogP contribution >= 0.6 is 0 Å². The molecule has 0 saturated heterocycles. The second-order valence-corrected chi connectivity index (χ2v) is 5.67. The third kappa shape index (κ3) is 5.60. The Hall–Kier alpha value is -0.790. The van der Waals surface area contributed by atoms with Gasteiger partial charge < -0.3 is 4.74 Å². The smallest absolute Gasteiger partial charge is 0.333 e. The van der Waals surface area contributed by atoms with E-state index in [0.29, 0.717) is 11.5 Å². The van der Waals surface area contributed by atoms with E-state index in [1.807, 2.05) is 0 Å². The zero-order valence-corrected chi connectivity index (χ0v) is 10.9. The van der Waals surface area contributed by atoms with Crippen LogP contribution in [0.5, 0.6) is 0 Å². The maximum absolute atomic E-state index is 11.5. The van der Waals surface area contributed by atoms with Crippen LogP contribution in [-0.2, 0) is 9.53 Å². The fraction of sp³-hybridized carbons (Fsp3) is 0.769. The Balaban J connectivity index is 4.52. The van der Waals surface area contributed by atoms with Crippen LogP contribution in [0.2, 0.25) is 0 Å². The van der Waals surface area contributed by atoms with Gasteiger partial charge in [-0.1, -0.05) is 41.2 Å².